The Hall–Kier alpha value is -0.0100. The third-order valence-electron chi connectivity index (χ3n) is 6.34. The van der Waals surface area contributed by atoms with Gasteiger partial charge in [0.1, 0.15) is 4.33 Å². The Kier molecular flexibility index (Phi) is 2.64. The van der Waals surface area contributed by atoms with Crippen molar-refractivity contribution in [3.05, 3.63) is 11.6 Å². The lowest BCUT2D eigenvalue weighted by atomic mass is 9.62. The Morgan fingerprint density at radius 3 is 2.47 bits per heavy atom. The fraction of sp³-hybridized carbons (Fsp3) is 0.812. The Morgan fingerprint density at radius 2 is 1.84 bits per heavy atom. The molecule has 0 aromatic carbocycles. The Bertz CT molecular complexity index is 491. The number of Topliss-reactive ketones (excluding diaryl/α,β-unsaturated/α-hetero) is 1. The number of carbonyl (C=O) groups excluding carboxylic acids is 1. The maximum atomic E-state index is 12.2. The average molecular weight is 301 g/mol. The number of hydrogen-bond donors (Lipinski definition) is 0. The average Bonchev–Trinajstić information content (AvgIpc) is 2.67. The van der Waals surface area contributed by atoms with Gasteiger partial charge in [-0.05, 0) is 36.7 Å². The van der Waals surface area contributed by atoms with Gasteiger partial charge in [0, 0.05) is 17.3 Å². The molecule has 2 saturated carbocycles. The van der Waals surface area contributed by atoms with Crippen LogP contribution in [0.4, 0.5) is 0 Å². The van der Waals surface area contributed by atoms with Crippen molar-refractivity contribution in [2.75, 3.05) is 0 Å². The van der Waals surface area contributed by atoms with E-state index < -0.39 is 4.33 Å². The van der Waals surface area contributed by atoms with Crippen LogP contribution in [0.25, 0.3) is 0 Å². The van der Waals surface area contributed by atoms with Crippen LogP contribution in [0.2, 0.25) is 0 Å². The van der Waals surface area contributed by atoms with Crippen LogP contribution in [0.5, 0.6) is 0 Å². The molecule has 0 amide bonds. The first kappa shape index (κ1) is 13.9. The highest BCUT2D eigenvalue weighted by atomic mass is 35.5. The van der Waals surface area contributed by atoms with Gasteiger partial charge >= 0.3 is 0 Å². The molecule has 0 aliphatic heterocycles. The van der Waals surface area contributed by atoms with Gasteiger partial charge in [0.15, 0.2) is 5.78 Å². The maximum Gasteiger partial charge on any atom is 0.158 e. The molecular weight excluding hydrogens is 279 g/mol. The minimum atomic E-state index is -0.755. The van der Waals surface area contributed by atoms with E-state index in [1.807, 2.05) is 6.92 Å². The monoisotopic (exact) mass is 300 g/mol. The highest BCUT2D eigenvalue weighted by Crippen LogP contribution is 2.87. The van der Waals surface area contributed by atoms with E-state index in [9.17, 15) is 4.79 Å². The van der Waals surface area contributed by atoms with Crippen molar-refractivity contribution in [1.82, 2.24) is 0 Å². The number of carbonyl (C=O) groups is 1. The summed E-state index contributed by atoms with van der Waals surface area (Å²) in [5.74, 6) is 0.531. The molecule has 0 saturated heterocycles. The molecule has 1 nitrogen and oxygen atoms in total. The summed E-state index contributed by atoms with van der Waals surface area (Å²) in [6.07, 6.45) is 6.04. The highest BCUT2D eigenvalue weighted by molar-refractivity contribution is 6.52. The van der Waals surface area contributed by atoms with Crippen LogP contribution in [-0.2, 0) is 4.79 Å². The number of rotatable bonds is 0. The smallest absolute Gasteiger partial charge is 0.158 e. The molecule has 0 aromatic rings. The molecule has 3 aliphatic carbocycles. The molecule has 3 heteroatoms. The minimum Gasteiger partial charge on any atom is -0.295 e. The zero-order valence-corrected chi connectivity index (χ0v) is 13.7. The van der Waals surface area contributed by atoms with Crippen molar-refractivity contribution in [3.8, 4) is 0 Å². The first-order chi connectivity index (χ1) is 8.60. The van der Waals surface area contributed by atoms with Gasteiger partial charge in [-0.2, -0.15) is 0 Å². The summed E-state index contributed by atoms with van der Waals surface area (Å²) in [4.78, 5) is 12.2. The molecule has 0 radical (unpaired) electrons. The molecule has 0 aromatic heterocycles. The number of allylic oxidation sites excluding steroid dienone is 2. The van der Waals surface area contributed by atoms with Gasteiger partial charge in [0.05, 0.1) is 0 Å². The summed E-state index contributed by atoms with van der Waals surface area (Å²) in [6, 6.07) is 0. The lowest BCUT2D eigenvalue weighted by Gasteiger charge is -2.41. The topological polar surface area (TPSA) is 17.1 Å². The number of ketones is 1. The third-order valence-corrected chi connectivity index (χ3v) is 7.85. The second-order valence-electron chi connectivity index (χ2n) is 7.65. The zero-order chi connectivity index (χ0) is 14.3. The summed E-state index contributed by atoms with van der Waals surface area (Å²) in [5, 5.41) is 0. The van der Waals surface area contributed by atoms with Crippen LogP contribution >= 0.6 is 23.2 Å². The second kappa shape index (κ2) is 3.60. The molecule has 0 N–H and O–H groups in total. The van der Waals surface area contributed by atoms with E-state index in [-0.39, 0.29) is 22.0 Å². The summed E-state index contributed by atoms with van der Waals surface area (Å²) in [6.45, 7) is 8.71. The largest absolute Gasteiger partial charge is 0.295 e. The first-order valence-electron chi connectivity index (χ1n) is 7.20. The van der Waals surface area contributed by atoms with E-state index in [1.54, 1.807) is 0 Å². The van der Waals surface area contributed by atoms with Crippen molar-refractivity contribution in [2.45, 2.75) is 57.7 Å². The predicted molar refractivity (Wildman–Crippen MR) is 79.5 cm³/mol. The molecular formula is C16H22Cl2O. The predicted octanol–water partition coefficient (Wildman–Crippen LogP) is 4.91. The number of halogens is 2. The maximum absolute atomic E-state index is 12.2. The molecule has 0 heterocycles. The summed E-state index contributed by atoms with van der Waals surface area (Å²) in [5.41, 5.74) is 0.684. The minimum absolute atomic E-state index is 0.117. The standard InChI is InChI=1S/C16H22Cl2O/c1-10-8-12-13(2,3)6-5-7-14(4)15(12,9-11(10)19)16(14,17)18/h8,12H,5-7,9H2,1-4H3/t12-,14-,15+/m1/s1. The zero-order valence-electron chi connectivity index (χ0n) is 12.1. The van der Waals surface area contributed by atoms with E-state index in [2.05, 4.69) is 26.8 Å². The summed E-state index contributed by atoms with van der Waals surface area (Å²) < 4.78 is -0.755. The molecule has 0 unspecified atom stereocenters. The van der Waals surface area contributed by atoms with Crippen LogP contribution in [0, 0.1) is 22.2 Å². The molecule has 1 spiro atoms. The molecule has 3 rings (SSSR count). The van der Waals surface area contributed by atoms with Crippen molar-refractivity contribution in [3.63, 3.8) is 0 Å². The first-order valence-corrected chi connectivity index (χ1v) is 7.95. The van der Waals surface area contributed by atoms with Crippen molar-refractivity contribution >= 4 is 29.0 Å². The number of hydrogen-bond acceptors (Lipinski definition) is 1. The van der Waals surface area contributed by atoms with Crippen LogP contribution in [0.3, 0.4) is 0 Å². The Balaban J connectivity index is 2.20. The lowest BCUT2D eigenvalue weighted by molar-refractivity contribution is -0.118. The third kappa shape index (κ3) is 1.37. The van der Waals surface area contributed by atoms with Crippen molar-refractivity contribution < 1.29 is 4.79 Å². The van der Waals surface area contributed by atoms with Gasteiger partial charge in [-0.25, -0.2) is 0 Å². The van der Waals surface area contributed by atoms with Crippen molar-refractivity contribution in [1.29, 1.82) is 0 Å². The van der Waals surface area contributed by atoms with Gasteiger partial charge in [0.2, 0.25) is 0 Å². The fourth-order valence-corrected chi connectivity index (χ4v) is 6.17. The highest BCUT2D eigenvalue weighted by Gasteiger charge is 2.87. The van der Waals surface area contributed by atoms with E-state index in [0.717, 1.165) is 18.4 Å². The molecule has 3 aliphatic rings. The SMILES string of the molecule is CC1=C[C@@H]2C(C)(C)CCC[C@@]3(C)C(Cl)(Cl)[C@@]23CC1=O. The molecule has 3 atom stereocenters. The van der Waals surface area contributed by atoms with Gasteiger partial charge < -0.3 is 0 Å². The van der Waals surface area contributed by atoms with Gasteiger partial charge in [-0.3, -0.25) is 4.79 Å². The molecule has 0 bridgehead atoms. The number of alkyl halides is 2. The summed E-state index contributed by atoms with van der Waals surface area (Å²) in [7, 11) is 0. The normalized spacial score (nSPS) is 46.7. The van der Waals surface area contributed by atoms with Crippen LogP contribution in [0.1, 0.15) is 53.4 Å². The van der Waals surface area contributed by atoms with E-state index >= 15 is 0 Å². The Morgan fingerprint density at radius 1 is 1.21 bits per heavy atom. The second-order valence-corrected chi connectivity index (χ2v) is 8.97. The Labute approximate surface area is 125 Å². The molecule has 2 fully saturated rings. The van der Waals surface area contributed by atoms with Crippen LogP contribution < -0.4 is 0 Å². The quantitative estimate of drug-likeness (QED) is 0.581. The fourth-order valence-electron chi connectivity index (χ4n) is 4.95. The van der Waals surface area contributed by atoms with Gasteiger partial charge in [-0.15, -0.1) is 23.2 Å². The van der Waals surface area contributed by atoms with E-state index in [4.69, 9.17) is 23.2 Å². The summed E-state index contributed by atoms with van der Waals surface area (Å²) >= 11 is 13.4. The molecule has 19 heavy (non-hydrogen) atoms. The van der Waals surface area contributed by atoms with E-state index in [0.29, 0.717) is 12.3 Å². The molecule has 106 valence electrons. The lowest BCUT2D eigenvalue weighted by Crippen LogP contribution is -2.38. The van der Waals surface area contributed by atoms with Crippen molar-refractivity contribution in [2.24, 2.45) is 22.2 Å². The van der Waals surface area contributed by atoms with Crippen LogP contribution in [-0.4, -0.2) is 10.1 Å². The van der Waals surface area contributed by atoms with Crippen LogP contribution in [0.15, 0.2) is 11.6 Å². The van der Waals surface area contributed by atoms with E-state index in [1.165, 1.54) is 6.42 Å². The van der Waals surface area contributed by atoms with Gasteiger partial charge in [-0.1, -0.05) is 33.3 Å². The van der Waals surface area contributed by atoms with Gasteiger partial charge in [0.25, 0.3) is 0 Å².